The molecule has 1 aromatic heterocycles. The number of aromatic nitrogens is 3. The molecule has 0 radical (unpaired) electrons. The number of rotatable bonds is 3. The number of hydrogen-bond acceptors (Lipinski definition) is 2. The molecular formula is C12H14ClN3. The van der Waals surface area contributed by atoms with Gasteiger partial charge in [0.05, 0.1) is 6.54 Å². The van der Waals surface area contributed by atoms with Gasteiger partial charge in [0.15, 0.2) is 0 Å². The van der Waals surface area contributed by atoms with Gasteiger partial charge in [-0.05, 0) is 24.1 Å². The highest BCUT2D eigenvalue weighted by atomic mass is 35.5. The van der Waals surface area contributed by atoms with Crippen LogP contribution in [0, 0.1) is 6.92 Å². The molecule has 0 unspecified atom stereocenters. The molecule has 16 heavy (non-hydrogen) atoms. The summed E-state index contributed by atoms with van der Waals surface area (Å²) in [6.07, 6.45) is 0.839. The highest BCUT2D eigenvalue weighted by molar-refractivity contribution is 6.28. The van der Waals surface area contributed by atoms with Crippen molar-refractivity contribution < 1.29 is 0 Å². The van der Waals surface area contributed by atoms with Crippen molar-refractivity contribution in [1.29, 1.82) is 0 Å². The molecule has 0 aliphatic rings. The van der Waals surface area contributed by atoms with Crippen molar-refractivity contribution in [3.63, 3.8) is 0 Å². The fraction of sp³-hybridized carbons (Fsp3) is 0.333. The van der Waals surface area contributed by atoms with Crippen molar-refractivity contribution in [3.05, 3.63) is 46.5 Å². The van der Waals surface area contributed by atoms with E-state index in [0.717, 1.165) is 18.8 Å². The van der Waals surface area contributed by atoms with Crippen LogP contribution in [0.25, 0.3) is 0 Å². The van der Waals surface area contributed by atoms with Crippen molar-refractivity contribution >= 4 is 11.6 Å². The quantitative estimate of drug-likeness (QED) is 0.819. The normalized spacial score (nSPS) is 10.7. The van der Waals surface area contributed by atoms with Gasteiger partial charge in [0.2, 0.25) is 5.28 Å². The number of aryl methyl sites for hydroxylation is 2. The number of benzene rings is 1. The first-order chi connectivity index (χ1) is 7.70. The standard InChI is InChI=1S/C12H14ClN3/c1-3-11-14-15-12(13)16(11)8-10-6-4-9(2)5-7-10/h4-7H,3,8H2,1-2H3. The lowest BCUT2D eigenvalue weighted by Crippen LogP contribution is -2.04. The molecule has 84 valence electrons. The molecule has 0 spiro atoms. The Bertz CT molecular complexity index is 474. The van der Waals surface area contributed by atoms with E-state index in [4.69, 9.17) is 11.6 Å². The molecule has 0 atom stereocenters. The maximum atomic E-state index is 5.99. The molecule has 2 rings (SSSR count). The maximum absolute atomic E-state index is 5.99. The van der Waals surface area contributed by atoms with Gasteiger partial charge >= 0.3 is 0 Å². The van der Waals surface area contributed by atoms with Gasteiger partial charge in [0.25, 0.3) is 0 Å². The van der Waals surface area contributed by atoms with Gasteiger partial charge < -0.3 is 0 Å². The highest BCUT2D eigenvalue weighted by Crippen LogP contribution is 2.13. The van der Waals surface area contributed by atoms with Gasteiger partial charge in [-0.2, -0.15) is 0 Å². The van der Waals surface area contributed by atoms with Crippen molar-refractivity contribution in [2.75, 3.05) is 0 Å². The van der Waals surface area contributed by atoms with Crippen LogP contribution in [0.3, 0.4) is 0 Å². The number of halogens is 1. The third-order valence-electron chi connectivity index (χ3n) is 2.56. The summed E-state index contributed by atoms with van der Waals surface area (Å²) in [6, 6.07) is 8.40. The predicted molar refractivity (Wildman–Crippen MR) is 64.7 cm³/mol. The second-order valence-corrected chi connectivity index (χ2v) is 4.15. The molecule has 3 nitrogen and oxygen atoms in total. The number of hydrogen-bond donors (Lipinski definition) is 0. The molecule has 0 saturated heterocycles. The zero-order chi connectivity index (χ0) is 11.5. The van der Waals surface area contributed by atoms with Gasteiger partial charge in [0, 0.05) is 6.42 Å². The van der Waals surface area contributed by atoms with E-state index in [9.17, 15) is 0 Å². The van der Waals surface area contributed by atoms with E-state index in [2.05, 4.69) is 41.4 Å². The molecule has 0 aliphatic heterocycles. The fourth-order valence-corrected chi connectivity index (χ4v) is 1.80. The molecule has 0 amide bonds. The van der Waals surface area contributed by atoms with Crippen LogP contribution >= 0.6 is 11.6 Å². The van der Waals surface area contributed by atoms with Crippen LogP contribution in [-0.2, 0) is 13.0 Å². The van der Waals surface area contributed by atoms with E-state index in [1.54, 1.807) is 0 Å². The van der Waals surface area contributed by atoms with Crippen LogP contribution < -0.4 is 0 Å². The molecule has 1 aromatic carbocycles. The van der Waals surface area contributed by atoms with E-state index in [0.29, 0.717) is 5.28 Å². The van der Waals surface area contributed by atoms with Gasteiger partial charge in [0.1, 0.15) is 5.82 Å². The minimum atomic E-state index is 0.456. The molecule has 0 saturated carbocycles. The van der Waals surface area contributed by atoms with E-state index in [-0.39, 0.29) is 0 Å². The van der Waals surface area contributed by atoms with Gasteiger partial charge in [-0.15, -0.1) is 10.2 Å². The minimum Gasteiger partial charge on any atom is -0.297 e. The lowest BCUT2D eigenvalue weighted by molar-refractivity contribution is 0.733. The first-order valence-electron chi connectivity index (χ1n) is 5.34. The van der Waals surface area contributed by atoms with Crippen molar-refractivity contribution in [1.82, 2.24) is 14.8 Å². The predicted octanol–water partition coefficient (Wildman–Crippen LogP) is 2.85. The molecule has 4 heteroatoms. The van der Waals surface area contributed by atoms with Crippen LogP contribution in [-0.4, -0.2) is 14.8 Å². The van der Waals surface area contributed by atoms with Crippen molar-refractivity contribution in [2.24, 2.45) is 0 Å². The lowest BCUT2D eigenvalue weighted by Gasteiger charge is -2.06. The Labute approximate surface area is 100 Å². The Morgan fingerprint density at radius 2 is 1.88 bits per heavy atom. The summed E-state index contributed by atoms with van der Waals surface area (Å²) in [4.78, 5) is 0. The van der Waals surface area contributed by atoms with Crippen LogP contribution in [0.15, 0.2) is 24.3 Å². The van der Waals surface area contributed by atoms with Crippen LogP contribution in [0.2, 0.25) is 5.28 Å². The fourth-order valence-electron chi connectivity index (χ4n) is 1.61. The zero-order valence-electron chi connectivity index (χ0n) is 9.44. The zero-order valence-corrected chi connectivity index (χ0v) is 10.2. The number of nitrogens with zero attached hydrogens (tertiary/aromatic N) is 3. The van der Waals surface area contributed by atoms with E-state index in [1.165, 1.54) is 11.1 Å². The summed E-state index contributed by atoms with van der Waals surface area (Å²) in [5, 5.41) is 8.36. The van der Waals surface area contributed by atoms with Gasteiger partial charge in [-0.1, -0.05) is 36.8 Å². The molecule has 2 aromatic rings. The summed E-state index contributed by atoms with van der Waals surface area (Å²) in [5.41, 5.74) is 2.47. The summed E-state index contributed by atoms with van der Waals surface area (Å²) >= 11 is 5.99. The highest BCUT2D eigenvalue weighted by Gasteiger charge is 2.08. The molecule has 1 heterocycles. The second kappa shape index (κ2) is 4.66. The lowest BCUT2D eigenvalue weighted by atomic mass is 10.1. The summed E-state index contributed by atoms with van der Waals surface area (Å²) in [6.45, 7) is 4.86. The van der Waals surface area contributed by atoms with Gasteiger partial charge in [-0.3, -0.25) is 4.57 Å². The van der Waals surface area contributed by atoms with Crippen molar-refractivity contribution in [2.45, 2.75) is 26.8 Å². The summed E-state index contributed by atoms with van der Waals surface area (Å²) < 4.78 is 1.94. The van der Waals surface area contributed by atoms with Crippen LogP contribution in [0.4, 0.5) is 0 Å². The van der Waals surface area contributed by atoms with Crippen LogP contribution in [0.5, 0.6) is 0 Å². The molecule has 0 fully saturated rings. The Hall–Kier alpha value is -1.35. The van der Waals surface area contributed by atoms with E-state index >= 15 is 0 Å². The smallest absolute Gasteiger partial charge is 0.225 e. The third-order valence-corrected chi connectivity index (χ3v) is 2.84. The Morgan fingerprint density at radius 3 is 2.50 bits per heavy atom. The Balaban J connectivity index is 2.26. The third kappa shape index (κ3) is 2.25. The van der Waals surface area contributed by atoms with E-state index < -0.39 is 0 Å². The minimum absolute atomic E-state index is 0.456. The topological polar surface area (TPSA) is 30.7 Å². The first kappa shape index (κ1) is 11.1. The average Bonchev–Trinajstić information content (AvgIpc) is 2.63. The molecular weight excluding hydrogens is 222 g/mol. The monoisotopic (exact) mass is 235 g/mol. The summed E-state index contributed by atoms with van der Waals surface area (Å²) in [5.74, 6) is 0.922. The van der Waals surface area contributed by atoms with Crippen LogP contribution in [0.1, 0.15) is 23.9 Å². The Kier molecular flexibility index (Phi) is 3.25. The van der Waals surface area contributed by atoms with E-state index in [1.807, 2.05) is 11.5 Å². The molecule has 0 bridgehead atoms. The Morgan fingerprint density at radius 1 is 1.19 bits per heavy atom. The van der Waals surface area contributed by atoms with Gasteiger partial charge in [-0.25, -0.2) is 0 Å². The second-order valence-electron chi connectivity index (χ2n) is 3.81. The molecule has 0 N–H and O–H groups in total. The average molecular weight is 236 g/mol. The molecule has 0 aliphatic carbocycles. The maximum Gasteiger partial charge on any atom is 0.225 e. The largest absolute Gasteiger partial charge is 0.297 e. The van der Waals surface area contributed by atoms with Crippen molar-refractivity contribution in [3.8, 4) is 0 Å². The SMILES string of the molecule is CCc1nnc(Cl)n1Cc1ccc(C)cc1. The summed E-state index contributed by atoms with van der Waals surface area (Å²) in [7, 11) is 0. The first-order valence-corrected chi connectivity index (χ1v) is 5.71.